The van der Waals surface area contributed by atoms with E-state index in [0.29, 0.717) is 5.56 Å². The Kier molecular flexibility index (Phi) is 3.95. The van der Waals surface area contributed by atoms with Gasteiger partial charge >= 0.3 is 11.9 Å². The van der Waals surface area contributed by atoms with E-state index < -0.39 is 29.0 Å². The number of halogens is 1. The summed E-state index contributed by atoms with van der Waals surface area (Å²) in [6.45, 7) is 0. The molecule has 0 saturated carbocycles. The molecule has 0 radical (unpaired) electrons. The molecule has 4 N–H and O–H groups in total. The lowest BCUT2D eigenvalue weighted by Gasteiger charge is -2.32. The van der Waals surface area contributed by atoms with Crippen molar-refractivity contribution in [1.29, 1.82) is 0 Å². The molecule has 0 aliphatic rings. The van der Waals surface area contributed by atoms with Gasteiger partial charge in [0.25, 0.3) is 5.06 Å². The summed E-state index contributed by atoms with van der Waals surface area (Å²) in [5, 5.41) is 33.6. The van der Waals surface area contributed by atoms with E-state index in [0.717, 1.165) is 0 Å². The van der Waals surface area contributed by atoms with Crippen LogP contribution in [0, 0.1) is 0 Å². The Morgan fingerprint density at radius 1 is 1.06 bits per heavy atom. The summed E-state index contributed by atoms with van der Waals surface area (Å²) in [7, 11) is 0. The smallest absolute Gasteiger partial charge is 0.355 e. The second-order valence-corrected chi connectivity index (χ2v) is 4.30. The van der Waals surface area contributed by atoms with Gasteiger partial charge in [-0.15, -0.1) is 0 Å². The molecule has 0 amide bonds. The van der Waals surface area contributed by atoms with E-state index in [2.05, 4.69) is 0 Å². The average molecular weight is 275 g/mol. The Balaban J connectivity index is 3.17. The van der Waals surface area contributed by atoms with E-state index in [1.165, 1.54) is 12.1 Å². The molecule has 18 heavy (non-hydrogen) atoms. The number of hydrogen-bond acceptors (Lipinski definition) is 4. The molecule has 0 fully saturated rings. The molecule has 0 saturated heterocycles. The molecule has 6 nitrogen and oxygen atoms in total. The van der Waals surface area contributed by atoms with Gasteiger partial charge in [-0.1, -0.05) is 41.9 Å². The lowest BCUT2D eigenvalue weighted by atomic mass is 9.88. The molecule has 0 aromatic heterocycles. The van der Waals surface area contributed by atoms with Crippen LogP contribution in [0.25, 0.3) is 0 Å². The summed E-state index contributed by atoms with van der Waals surface area (Å²) in [6.07, 6.45) is -0.643. The number of aliphatic carboxylic acids is 2. The zero-order valence-electron chi connectivity index (χ0n) is 9.08. The molecule has 2 unspecified atom stereocenters. The van der Waals surface area contributed by atoms with Crippen molar-refractivity contribution >= 4 is 23.5 Å². The monoisotopic (exact) mass is 274 g/mol. The molecule has 98 valence electrons. The summed E-state index contributed by atoms with van der Waals surface area (Å²) in [5.41, 5.74) is -2.72. The summed E-state index contributed by atoms with van der Waals surface area (Å²) in [5.74, 6) is -3.96. The van der Waals surface area contributed by atoms with Gasteiger partial charge in [0.15, 0.2) is 0 Å². The lowest BCUT2D eigenvalue weighted by molar-refractivity contribution is -0.190. The Labute approximate surface area is 107 Å². The predicted molar refractivity (Wildman–Crippen MR) is 61.2 cm³/mol. The highest BCUT2D eigenvalue weighted by atomic mass is 35.5. The van der Waals surface area contributed by atoms with E-state index in [-0.39, 0.29) is 0 Å². The minimum atomic E-state index is -3.32. The van der Waals surface area contributed by atoms with Crippen molar-refractivity contribution in [3.05, 3.63) is 35.9 Å². The zero-order valence-corrected chi connectivity index (χ0v) is 9.83. The highest BCUT2D eigenvalue weighted by Crippen LogP contribution is 2.31. The minimum absolute atomic E-state index is 0.322. The van der Waals surface area contributed by atoms with Crippen LogP contribution in [-0.4, -0.2) is 43.0 Å². The standard InChI is InChI=1S/C11H11ClO6/c12-11(18,9(15)16)10(17,8(13)14)6-7-4-2-1-3-5-7/h1-5,17-18H,6H2,(H,13,14)(H,15,16). The van der Waals surface area contributed by atoms with Crippen molar-refractivity contribution in [2.45, 2.75) is 17.1 Å². The van der Waals surface area contributed by atoms with Crippen LogP contribution < -0.4 is 0 Å². The van der Waals surface area contributed by atoms with Crippen LogP contribution in [0.15, 0.2) is 30.3 Å². The number of benzene rings is 1. The number of aliphatic hydroxyl groups is 2. The maximum atomic E-state index is 11.0. The fourth-order valence-electron chi connectivity index (χ4n) is 1.40. The molecule has 1 rings (SSSR count). The zero-order chi connectivity index (χ0) is 14.0. The second-order valence-electron chi connectivity index (χ2n) is 3.76. The summed E-state index contributed by atoms with van der Waals surface area (Å²) >= 11 is 5.25. The molecule has 2 atom stereocenters. The van der Waals surface area contributed by atoms with E-state index in [4.69, 9.17) is 21.8 Å². The van der Waals surface area contributed by atoms with Crippen LogP contribution in [0.2, 0.25) is 0 Å². The van der Waals surface area contributed by atoms with Crippen molar-refractivity contribution in [3.8, 4) is 0 Å². The van der Waals surface area contributed by atoms with Gasteiger partial charge in [-0.2, -0.15) is 0 Å². The van der Waals surface area contributed by atoms with Gasteiger partial charge in [0.1, 0.15) is 0 Å². The topological polar surface area (TPSA) is 115 Å². The molecule has 7 heteroatoms. The number of rotatable bonds is 5. The predicted octanol–water partition coefficient (Wildman–Crippen LogP) is 0.0568. The SMILES string of the molecule is O=C(O)C(O)(Cl)C(O)(Cc1ccccc1)C(=O)O. The largest absolute Gasteiger partial charge is 0.479 e. The van der Waals surface area contributed by atoms with Crippen LogP contribution >= 0.6 is 11.6 Å². The Bertz CT molecular complexity index is 458. The van der Waals surface area contributed by atoms with Crippen molar-refractivity contribution < 1.29 is 30.0 Å². The Morgan fingerprint density at radius 2 is 1.56 bits per heavy atom. The van der Waals surface area contributed by atoms with Crippen LogP contribution in [0.3, 0.4) is 0 Å². The van der Waals surface area contributed by atoms with Crippen molar-refractivity contribution in [1.82, 2.24) is 0 Å². The summed E-state index contributed by atoms with van der Waals surface area (Å²) < 4.78 is 0. The molecule has 1 aromatic carbocycles. The number of hydrogen-bond donors (Lipinski definition) is 4. The highest BCUT2D eigenvalue weighted by molar-refractivity contribution is 6.34. The number of carbonyl (C=O) groups is 2. The van der Waals surface area contributed by atoms with Crippen LogP contribution in [0.1, 0.15) is 5.56 Å². The van der Waals surface area contributed by atoms with E-state index in [1.807, 2.05) is 0 Å². The first-order valence-electron chi connectivity index (χ1n) is 4.86. The normalized spacial score (nSPS) is 17.5. The van der Waals surface area contributed by atoms with Gasteiger partial charge in [-0.25, -0.2) is 9.59 Å². The highest BCUT2D eigenvalue weighted by Gasteiger charge is 2.60. The molecule has 0 spiro atoms. The number of carboxylic acids is 2. The third kappa shape index (κ3) is 2.45. The molecule has 0 aliphatic heterocycles. The van der Waals surface area contributed by atoms with Crippen molar-refractivity contribution in [2.24, 2.45) is 0 Å². The number of carboxylic acid groups (broad SMARTS) is 2. The first kappa shape index (κ1) is 14.4. The third-order valence-electron chi connectivity index (χ3n) is 2.49. The van der Waals surface area contributed by atoms with Gasteiger partial charge in [-0.3, -0.25) is 0 Å². The molecule has 0 heterocycles. The minimum Gasteiger partial charge on any atom is -0.479 e. The van der Waals surface area contributed by atoms with Gasteiger partial charge in [0.2, 0.25) is 5.60 Å². The first-order valence-corrected chi connectivity index (χ1v) is 5.24. The molecule has 1 aromatic rings. The fraction of sp³-hybridized carbons (Fsp3) is 0.273. The van der Waals surface area contributed by atoms with Crippen LogP contribution in [0.5, 0.6) is 0 Å². The third-order valence-corrected chi connectivity index (χ3v) is 2.96. The summed E-state index contributed by atoms with van der Waals surface area (Å²) in [6, 6.07) is 7.76. The molecule has 0 bridgehead atoms. The second kappa shape index (κ2) is 4.93. The quantitative estimate of drug-likeness (QED) is 0.564. The van der Waals surface area contributed by atoms with Crippen LogP contribution in [0.4, 0.5) is 0 Å². The maximum absolute atomic E-state index is 11.0. The Morgan fingerprint density at radius 3 is 1.94 bits per heavy atom. The van der Waals surface area contributed by atoms with E-state index >= 15 is 0 Å². The summed E-state index contributed by atoms with van der Waals surface area (Å²) in [4.78, 5) is 21.8. The van der Waals surface area contributed by atoms with E-state index in [1.54, 1.807) is 18.2 Å². The van der Waals surface area contributed by atoms with Crippen molar-refractivity contribution in [3.63, 3.8) is 0 Å². The molecular formula is C11H11ClO6. The van der Waals surface area contributed by atoms with Crippen molar-refractivity contribution in [2.75, 3.05) is 0 Å². The van der Waals surface area contributed by atoms with E-state index in [9.17, 15) is 19.8 Å². The molecular weight excluding hydrogens is 264 g/mol. The van der Waals surface area contributed by atoms with Gasteiger partial charge in [0, 0.05) is 6.42 Å². The van der Waals surface area contributed by atoms with Gasteiger partial charge < -0.3 is 20.4 Å². The fourth-order valence-corrected chi connectivity index (χ4v) is 1.55. The lowest BCUT2D eigenvalue weighted by Crippen LogP contribution is -2.61. The van der Waals surface area contributed by atoms with Gasteiger partial charge in [0.05, 0.1) is 0 Å². The van der Waals surface area contributed by atoms with Gasteiger partial charge in [-0.05, 0) is 5.56 Å². The Hall–Kier alpha value is -1.63. The average Bonchev–Trinajstić information content (AvgIpc) is 2.29. The maximum Gasteiger partial charge on any atom is 0.355 e. The number of alkyl halides is 1. The van der Waals surface area contributed by atoms with Crippen LogP contribution in [-0.2, 0) is 16.0 Å². The first-order chi connectivity index (χ1) is 8.22. The molecule has 0 aliphatic carbocycles.